The molecule has 0 aliphatic rings. The Kier molecular flexibility index (Phi) is 3.93. The summed E-state index contributed by atoms with van der Waals surface area (Å²) in [5.41, 5.74) is 6.14. The molecule has 0 radical (unpaired) electrons. The van der Waals surface area contributed by atoms with E-state index in [1.54, 1.807) is 6.07 Å². The molecule has 9 heteroatoms. The Morgan fingerprint density at radius 3 is 2.90 bits per heavy atom. The Balaban J connectivity index is 2.21. The van der Waals surface area contributed by atoms with Crippen molar-refractivity contribution in [1.29, 1.82) is 5.26 Å². The van der Waals surface area contributed by atoms with Gasteiger partial charge in [-0.15, -0.1) is 10.2 Å². The van der Waals surface area contributed by atoms with Crippen LogP contribution < -0.4 is 11.1 Å². The number of H-pyrrole nitrogens is 1. The third kappa shape index (κ3) is 2.90. The van der Waals surface area contributed by atoms with Crippen LogP contribution in [0.3, 0.4) is 0 Å². The fourth-order valence-corrected chi connectivity index (χ4v) is 1.66. The van der Waals surface area contributed by atoms with E-state index in [-0.39, 0.29) is 22.0 Å². The van der Waals surface area contributed by atoms with Crippen molar-refractivity contribution < 1.29 is 4.79 Å². The Morgan fingerprint density at radius 1 is 1.55 bits per heavy atom. The first-order chi connectivity index (χ1) is 9.61. The highest BCUT2D eigenvalue weighted by Crippen LogP contribution is 2.21. The Hall–Kier alpha value is -2.92. The lowest BCUT2D eigenvalue weighted by molar-refractivity contribution is 0.100. The van der Waals surface area contributed by atoms with Crippen LogP contribution >= 0.6 is 11.6 Å². The van der Waals surface area contributed by atoms with Gasteiger partial charge in [0.25, 0.3) is 0 Å². The van der Waals surface area contributed by atoms with Crippen molar-refractivity contribution in [3.8, 4) is 6.07 Å². The standard InChI is InChI=1S/C11H8ClN7O/c12-9-3-7(1-2-8(9)10(14)20)15-5-6(4-13)11-16-18-19-17-11/h1-3,5,15H,(H2,14,20)(H,16,17,18,19). The van der Waals surface area contributed by atoms with Crippen LogP contribution in [0.4, 0.5) is 5.69 Å². The number of hydrogen-bond acceptors (Lipinski definition) is 6. The van der Waals surface area contributed by atoms with Gasteiger partial charge in [0.05, 0.1) is 10.6 Å². The average Bonchev–Trinajstić information content (AvgIpc) is 2.93. The number of rotatable bonds is 4. The molecule has 100 valence electrons. The topological polar surface area (TPSA) is 133 Å². The van der Waals surface area contributed by atoms with E-state index in [9.17, 15) is 4.79 Å². The lowest BCUT2D eigenvalue weighted by Gasteiger charge is -2.04. The van der Waals surface area contributed by atoms with Crippen molar-refractivity contribution in [3.05, 3.63) is 40.8 Å². The van der Waals surface area contributed by atoms with Crippen molar-refractivity contribution in [2.24, 2.45) is 5.73 Å². The molecule has 8 nitrogen and oxygen atoms in total. The molecule has 2 rings (SSSR count). The number of aromatic amines is 1. The van der Waals surface area contributed by atoms with E-state index in [1.165, 1.54) is 18.3 Å². The van der Waals surface area contributed by atoms with Crippen LogP contribution in [-0.4, -0.2) is 26.5 Å². The maximum absolute atomic E-state index is 11.0. The summed E-state index contributed by atoms with van der Waals surface area (Å²) in [5, 5.41) is 25.0. The molecule has 20 heavy (non-hydrogen) atoms. The van der Waals surface area contributed by atoms with Crippen LogP contribution in [-0.2, 0) is 0 Å². The zero-order valence-corrected chi connectivity index (χ0v) is 10.7. The van der Waals surface area contributed by atoms with Gasteiger partial charge in [-0.05, 0) is 23.4 Å². The van der Waals surface area contributed by atoms with E-state index < -0.39 is 5.91 Å². The molecule has 0 bridgehead atoms. The minimum absolute atomic E-state index is 0.167. The average molecular weight is 290 g/mol. The SMILES string of the molecule is N#CC(=CNc1ccc(C(N)=O)c(Cl)c1)c1nn[nH]n1. The summed E-state index contributed by atoms with van der Waals surface area (Å²) in [6.07, 6.45) is 1.40. The smallest absolute Gasteiger partial charge is 0.250 e. The number of benzene rings is 1. The van der Waals surface area contributed by atoms with Crippen LogP contribution in [0, 0.1) is 11.3 Å². The molecule has 0 unspecified atom stereocenters. The summed E-state index contributed by atoms with van der Waals surface area (Å²) in [6, 6.07) is 6.53. The summed E-state index contributed by atoms with van der Waals surface area (Å²) in [6.45, 7) is 0. The van der Waals surface area contributed by atoms with Crippen LogP contribution in [0.1, 0.15) is 16.2 Å². The van der Waals surface area contributed by atoms with Gasteiger partial charge in [0.15, 0.2) is 0 Å². The summed E-state index contributed by atoms with van der Waals surface area (Å²) in [4.78, 5) is 11.0. The Labute approximate surface area is 118 Å². The van der Waals surface area contributed by atoms with Gasteiger partial charge in [-0.25, -0.2) is 0 Å². The molecule has 1 aromatic carbocycles. The highest BCUT2D eigenvalue weighted by atomic mass is 35.5. The lowest BCUT2D eigenvalue weighted by Crippen LogP contribution is -2.11. The second-order valence-corrected chi connectivity index (χ2v) is 4.02. The molecule has 0 atom stereocenters. The molecular weight excluding hydrogens is 282 g/mol. The highest BCUT2D eigenvalue weighted by molar-refractivity contribution is 6.34. The van der Waals surface area contributed by atoms with Gasteiger partial charge >= 0.3 is 0 Å². The van der Waals surface area contributed by atoms with E-state index in [2.05, 4.69) is 25.9 Å². The zero-order chi connectivity index (χ0) is 14.5. The molecule has 0 saturated heterocycles. The summed E-state index contributed by atoms with van der Waals surface area (Å²) in [7, 11) is 0. The van der Waals surface area contributed by atoms with Crippen molar-refractivity contribution in [1.82, 2.24) is 20.6 Å². The number of nitrogens with zero attached hydrogens (tertiary/aromatic N) is 4. The number of nitriles is 1. The maximum Gasteiger partial charge on any atom is 0.250 e. The number of primary amides is 1. The van der Waals surface area contributed by atoms with Gasteiger partial charge in [-0.3, -0.25) is 4.79 Å². The van der Waals surface area contributed by atoms with Crippen molar-refractivity contribution in [2.45, 2.75) is 0 Å². The van der Waals surface area contributed by atoms with Crippen molar-refractivity contribution in [2.75, 3.05) is 5.32 Å². The maximum atomic E-state index is 11.0. The number of allylic oxidation sites excluding steroid dienone is 1. The predicted octanol–water partition coefficient (Wildman–Crippen LogP) is 0.929. The molecule has 2 aromatic rings. The number of carbonyl (C=O) groups is 1. The van der Waals surface area contributed by atoms with Crippen molar-refractivity contribution in [3.63, 3.8) is 0 Å². The number of nitrogens with two attached hydrogens (primary N) is 1. The third-order valence-corrected chi connectivity index (χ3v) is 2.64. The molecule has 1 aromatic heterocycles. The number of aromatic nitrogens is 4. The number of hydrogen-bond donors (Lipinski definition) is 3. The second kappa shape index (κ2) is 5.81. The molecule has 1 amide bonds. The van der Waals surface area contributed by atoms with Gasteiger partial charge in [0.1, 0.15) is 11.6 Å². The molecule has 0 aliphatic carbocycles. The summed E-state index contributed by atoms with van der Waals surface area (Å²) < 4.78 is 0. The van der Waals surface area contributed by atoms with E-state index in [4.69, 9.17) is 22.6 Å². The monoisotopic (exact) mass is 289 g/mol. The number of halogens is 1. The van der Waals surface area contributed by atoms with Crippen LogP contribution in [0.5, 0.6) is 0 Å². The van der Waals surface area contributed by atoms with Gasteiger partial charge in [-0.1, -0.05) is 11.6 Å². The highest BCUT2D eigenvalue weighted by Gasteiger charge is 2.08. The molecule has 4 N–H and O–H groups in total. The van der Waals surface area contributed by atoms with Gasteiger partial charge < -0.3 is 11.1 Å². The fourth-order valence-electron chi connectivity index (χ4n) is 1.38. The minimum Gasteiger partial charge on any atom is -0.366 e. The Bertz CT molecular complexity index is 702. The number of anilines is 1. The normalized spacial score (nSPS) is 10.9. The first-order valence-corrected chi connectivity index (χ1v) is 5.69. The van der Waals surface area contributed by atoms with Crippen LogP contribution in [0.25, 0.3) is 5.57 Å². The largest absolute Gasteiger partial charge is 0.366 e. The predicted molar refractivity (Wildman–Crippen MR) is 71.4 cm³/mol. The van der Waals surface area contributed by atoms with E-state index in [0.29, 0.717) is 5.69 Å². The van der Waals surface area contributed by atoms with E-state index >= 15 is 0 Å². The summed E-state index contributed by atoms with van der Waals surface area (Å²) in [5.74, 6) is -0.443. The lowest BCUT2D eigenvalue weighted by atomic mass is 10.2. The molecule has 0 saturated carbocycles. The number of nitrogens with one attached hydrogen (secondary N) is 2. The van der Waals surface area contributed by atoms with Gasteiger partial charge in [-0.2, -0.15) is 10.5 Å². The molecule has 0 aliphatic heterocycles. The molecule has 0 fully saturated rings. The second-order valence-electron chi connectivity index (χ2n) is 3.61. The summed E-state index contributed by atoms with van der Waals surface area (Å²) >= 11 is 5.91. The van der Waals surface area contributed by atoms with Crippen LogP contribution in [0.15, 0.2) is 24.4 Å². The third-order valence-electron chi connectivity index (χ3n) is 2.32. The Morgan fingerprint density at radius 2 is 2.35 bits per heavy atom. The molecular formula is C11H8ClN7O. The molecule has 0 spiro atoms. The first-order valence-electron chi connectivity index (χ1n) is 5.32. The zero-order valence-electron chi connectivity index (χ0n) is 9.96. The number of amides is 1. The number of carbonyl (C=O) groups excluding carboxylic acids is 1. The van der Waals surface area contributed by atoms with Gasteiger partial charge in [0.2, 0.25) is 11.7 Å². The fraction of sp³-hybridized carbons (Fsp3) is 0. The van der Waals surface area contributed by atoms with Crippen LogP contribution in [0.2, 0.25) is 5.02 Å². The first kappa shape index (κ1) is 13.5. The minimum atomic E-state index is -0.610. The quantitative estimate of drug-likeness (QED) is 0.717. The van der Waals surface area contributed by atoms with E-state index in [0.717, 1.165) is 0 Å². The number of tetrazole rings is 1. The molecule has 1 heterocycles. The van der Waals surface area contributed by atoms with Gasteiger partial charge in [0, 0.05) is 11.9 Å². The van der Waals surface area contributed by atoms with E-state index in [1.807, 2.05) is 6.07 Å². The van der Waals surface area contributed by atoms with Crippen molar-refractivity contribution >= 4 is 28.8 Å².